The fraction of sp³-hybridized carbons (Fsp3) is 0.273. The number of carboxylic acid groups (broad SMARTS) is 1. The van der Waals surface area contributed by atoms with Gasteiger partial charge in [0.25, 0.3) is 0 Å². The summed E-state index contributed by atoms with van der Waals surface area (Å²) >= 11 is 0. The van der Waals surface area contributed by atoms with Crippen LogP contribution in [0, 0.1) is 0 Å². The van der Waals surface area contributed by atoms with E-state index in [-0.39, 0.29) is 11.6 Å². The van der Waals surface area contributed by atoms with Crippen LogP contribution in [0.15, 0.2) is 24.3 Å². The number of aromatic carboxylic acids is 1. The van der Waals surface area contributed by atoms with Gasteiger partial charge in [-0.15, -0.1) is 0 Å². The summed E-state index contributed by atoms with van der Waals surface area (Å²) in [5.74, 6) is -0.981. The zero-order valence-corrected chi connectivity index (χ0v) is 9.49. The number of hydrogen-bond donors (Lipinski definition) is 4. The summed E-state index contributed by atoms with van der Waals surface area (Å²) < 4.78 is 0. The van der Waals surface area contributed by atoms with Crippen molar-refractivity contribution in [3.63, 3.8) is 0 Å². The topological polar surface area (TPSA) is 90.5 Å². The van der Waals surface area contributed by atoms with Crippen molar-refractivity contribution in [3.05, 3.63) is 29.8 Å². The van der Waals surface area contributed by atoms with Gasteiger partial charge in [0.2, 0.25) is 0 Å². The van der Waals surface area contributed by atoms with Crippen LogP contribution in [0.2, 0.25) is 0 Å². The largest absolute Gasteiger partial charge is 0.478 e. The Morgan fingerprint density at radius 1 is 1.24 bits per heavy atom. The highest BCUT2D eigenvalue weighted by Gasteiger charge is 2.02. The Hall–Kier alpha value is -2.24. The van der Waals surface area contributed by atoms with Crippen LogP contribution in [0.1, 0.15) is 23.7 Å². The first kappa shape index (κ1) is 12.8. The van der Waals surface area contributed by atoms with Gasteiger partial charge in [0, 0.05) is 6.54 Å². The van der Waals surface area contributed by atoms with Crippen molar-refractivity contribution in [1.29, 1.82) is 0 Å². The summed E-state index contributed by atoms with van der Waals surface area (Å²) in [5.41, 5.74) is 5.91. The minimum absolute atomic E-state index is 0.200. The fourth-order valence-corrected chi connectivity index (χ4v) is 1.11. The van der Waals surface area contributed by atoms with Crippen LogP contribution in [0.25, 0.3) is 0 Å². The van der Waals surface area contributed by atoms with Crippen LogP contribution < -0.4 is 16.2 Å². The molecule has 0 aliphatic carbocycles. The summed E-state index contributed by atoms with van der Waals surface area (Å²) in [7, 11) is 0. The van der Waals surface area contributed by atoms with Gasteiger partial charge in [-0.2, -0.15) is 0 Å². The molecule has 1 rings (SSSR count). The molecule has 0 aromatic heterocycles. The lowest BCUT2D eigenvalue weighted by molar-refractivity contribution is 0.0697. The summed E-state index contributed by atoms with van der Waals surface area (Å²) in [5, 5.41) is 11.3. The third kappa shape index (κ3) is 4.42. The highest BCUT2D eigenvalue weighted by molar-refractivity contribution is 5.88. The molecule has 1 aromatic carbocycles. The molecule has 0 saturated heterocycles. The highest BCUT2D eigenvalue weighted by atomic mass is 16.4. The van der Waals surface area contributed by atoms with Crippen molar-refractivity contribution in [2.45, 2.75) is 13.3 Å². The number of anilines is 1. The predicted molar refractivity (Wildman–Crippen MR) is 63.8 cm³/mol. The lowest BCUT2D eigenvalue weighted by Gasteiger charge is -2.09. The molecule has 2 amide bonds. The van der Waals surface area contributed by atoms with Crippen LogP contribution in [0.4, 0.5) is 10.5 Å². The molecule has 1 aromatic rings. The molecule has 0 heterocycles. The smallest absolute Gasteiger partial charge is 0.335 e. The number of nitrogens with one attached hydrogen (secondary N) is 3. The van der Waals surface area contributed by atoms with Crippen LogP contribution in [-0.2, 0) is 0 Å². The minimum Gasteiger partial charge on any atom is -0.478 e. The summed E-state index contributed by atoms with van der Waals surface area (Å²) in [4.78, 5) is 21.8. The number of carbonyl (C=O) groups excluding carboxylic acids is 1. The molecule has 4 N–H and O–H groups in total. The molecule has 0 spiro atoms. The number of urea groups is 1. The molecular formula is C11H15N3O3. The maximum Gasteiger partial charge on any atom is 0.335 e. The van der Waals surface area contributed by atoms with Crippen molar-refractivity contribution in [2.24, 2.45) is 0 Å². The van der Waals surface area contributed by atoms with E-state index in [1.807, 2.05) is 6.92 Å². The molecule has 17 heavy (non-hydrogen) atoms. The van der Waals surface area contributed by atoms with Gasteiger partial charge in [0.05, 0.1) is 11.3 Å². The number of hydrogen-bond acceptors (Lipinski definition) is 3. The zero-order valence-electron chi connectivity index (χ0n) is 9.49. The average Bonchev–Trinajstić information content (AvgIpc) is 2.34. The van der Waals surface area contributed by atoms with E-state index < -0.39 is 5.97 Å². The lowest BCUT2D eigenvalue weighted by Crippen LogP contribution is -2.39. The standard InChI is InChI=1S/C11H15N3O3/c1-2-7-12-11(17)14-13-9-5-3-8(4-6-9)10(15)16/h3-6,13H,2,7H2,1H3,(H,15,16)(H2,12,14,17). The second kappa shape index (κ2) is 6.37. The molecule has 0 atom stereocenters. The molecule has 92 valence electrons. The molecule has 0 fully saturated rings. The van der Waals surface area contributed by atoms with Crippen molar-refractivity contribution in [2.75, 3.05) is 12.0 Å². The summed E-state index contributed by atoms with van der Waals surface area (Å²) in [6.45, 7) is 2.56. The normalized spacial score (nSPS) is 9.47. The van der Waals surface area contributed by atoms with Gasteiger partial charge in [0.15, 0.2) is 0 Å². The second-order valence-electron chi connectivity index (χ2n) is 3.39. The van der Waals surface area contributed by atoms with Crippen molar-refractivity contribution < 1.29 is 14.7 Å². The van der Waals surface area contributed by atoms with Gasteiger partial charge in [0.1, 0.15) is 0 Å². The molecule has 0 unspecified atom stereocenters. The van der Waals surface area contributed by atoms with Crippen LogP contribution in [0.5, 0.6) is 0 Å². The third-order valence-corrected chi connectivity index (χ3v) is 1.99. The number of carbonyl (C=O) groups is 2. The summed E-state index contributed by atoms with van der Waals surface area (Å²) in [6.07, 6.45) is 0.862. The Balaban J connectivity index is 2.42. The van der Waals surface area contributed by atoms with E-state index in [0.717, 1.165) is 6.42 Å². The van der Waals surface area contributed by atoms with E-state index >= 15 is 0 Å². The number of carboxylic acids is 1. The Labute approximate surface area is 99.0 Å². The predicted octanol–water partition coefficient (Wildman–Crippen LogP) is 1.42. The van der Waals surface area contributed by atoms with Gasteiger partial charge >= 0.3 is 12.0 Å². The van der Waals surface area contributed by atoms with Crippen LogP contribution >= 0.6 is 0 Å². The molecule has 6 nitrogen and oxygen atoms in total. The number of rotatable bonds is 5. The average molecular weight is 237 g/mol. The maximum atomic E-state index is 11.2. The summed E-state index contributed by atoms with van der Waals surface area (Å²) in [6, 6.07) is 5.73. The minimum atomic E-state index is -0.981. The van der Waals surface area contributed by atoms with Gasteiger partial charge < -0.3 is 10.4 Å². The Kier molecular flexibility index (Phi) is 4.80. The highest BCUT2D eigenvalue weighted by Crippen LogP contribution is 2.07. The Morgan fingerprint density at radius 2 is 1.88 bits per heavy atom. The zero-order chi connectivity index (χ0) is 12.7. The molecule has 0 radical (unpaired) electrons. The van der Waals surface area contributed by atoms with Crippen molar-refractivity contribution in [3.8, 4) is 0 Å². The van der Waals surface area contributed by atoms with Gasteiger partial charge in [-0.1, -0.05) is 6.92 Å². The van der Waals surface area contributed by atoms with Crippen LogP contribution in [-0.4, -0.2) is 23.7 Å². The number of amides is 2. The van der Waals surface area contributed by atoms with E-state index in [0.29, 0.717) is 12.2 Å². The second-order valence-corrected chi connectivity index (χ2v) is 3.39. The van der Waals surface area contributed by atoms with E-state index in [9.17, 15) is 9.59 Å². The van der Waals surface area contributed by atoms with E-state index in [1.165, 1.54) is 12.1 Å². The first-order chi connectivity index (χ1) is 8.13. The third-order valence-electron chi connectivity index (χ3n) is 1.99. The molecule has 0 aliphatic rings. The Morgan fingerprint density at radius 3 is 2.41 bits per heavy atom. The Bertz CT molecular complexity index is 389. The quantitative estimate of drug-likeness (QED) is 0.583. The van der Waals surface area contributed by atoms with Crippen LogP contribution in [0.3, 0.4) is 0 Å². The van der Waals surface area contributed by atoms with Gasteiger partial charge in [-0.25, -0.2) is 9.59 Å². The van der Waals surface area contributed by atoms with Crippen molar-refractivity contribution in [1.82, 2.24) is 10.7 Å². The SMILES string of the molecule is CCCNC(=O)NNc1ccc(C(=O)O)cc1. The molecule has 6 heteroatoms. The number of benzene rings is 1. The molecule has 0 saturated carbocycles. The molecule has 0 aliphatic heterocycles. The fourth-order valence-electron chi connectivity index (χ4n) is 1.11. The first-order valence-corrected chi connectivity index (χ1v) is 5.26. The van der Waals surface area contributed by atoms with E-state index in [1.54, 1.807) is 12.1 Å². The van der Waals surface area contributed by atoms with Gasteiger partial charge in [-0.05, 0) is 30.7 Å². The van der Waals surface area contributed by atoms with Crippen molar-refractivity contribution >= 4 is 17.7 Å². The molecular weight excluding hydrogens is 222 g/mol. The van der Waals surface area contributed by atoms with E-state index in [4.69, 9.17) is 5.11 Å². The molecule has 0 bridgehead atoms. The van der Waals surface area contributed by atoms with E-state index in [2.05, 4.69) is 16.2 Å². The van der Waals surface area contributed by atoms with Gasteiger partial charge in [-0.3, -0.25) is 10.9 Å². The monoisotopic (exact) mass is 237 g/mol. The maximum absolute atomic E-state index is 11.2. The lowest BCUT2D eigenvalue weighted by atomic mass is 10.2. The first-order valence-electron chi connectivity index (χ1n) is 5.26. The number of hydrazine groups is 1.